The van der Waals surface area contributed by atoms with Crippen LogP contribution < -0.4 is 0 Å². The van der Waals surface area contributed by atoms with Crippen LogP contribution in [0.25, 0.3) is 0 Å². The Morgan fingerprint density at radius 1 is 1.15 bits per heavy atom. The van der Waals surface area contributed by atoms with Gasteiger partial charge in [-0.25, -0.2) is 0 Å². The molecule has 0 atom stereocenters. The van der Waals surface area contributed by atoms with Crippen LogP contribution in [0.4, 0.5) is 0 Å². The normalized spacial score (nSPS) is 10.3. The minimum Gasteiger partial charge on any atom is -0.384 e. The summed E-state index contributed by atoms with van der Waals surface area (Å²) < 4.78 is 0. The van der Waals surface area contributed by atoms with Crippen LogP contribution in [0, 0.1) is 11.8 Å². The topological polar surface area (TPSA) is 23.5 Å². The Morgan fingerprint density at radius 3 is 2.70 bits per heavy atom. The summed E-state index contributed by atoms with van der Waals surface area (Å²) in [6.45, 7) is 4.93. The van der Waals surface area contributed by atoms with E-state index >= 15 is 0 Å². The second-order valence-electron chi connectivity index (χ2n) is 4.50. The Kier molecular flexibility index (Phi) is 5.82. The zero-order valence-electron chi connectivity index (χ0n) is 11.7. The molecule has 2 aromatic rings. The highest BCUT2D eigenvalue weighted by molar-refractivity contribution is 7.09. The third kappa shape index (κ3) is 4.21. The van der Waals surface area contributed by atoms with Crippen molar-refractivity contribution >= 4 is 11.3 Å². The molecule has 20 heavy (non-hydrogen) atoms. The molecule has 0 radical (unpaired) electrons. The molecular weight excluding hydrogens is 266 g/mol. The Labute approximate surface area is 124 Å². The minimum absolute atomic E-state index is 0.0962. The average Bonchev–Trinajstić information content (AvgIpc) is 2.98. The lowest BCUT2D eigenvalue weighted by molar-refractivity contribution is 0.273. The SMILES string of the molecule is CCN(Cc1cccs1)Cc1ccccc1C#CCO. The van der Waals surface area contributed by atoms with Gasteiger partial charge in [0.15, 0.2) is 0 Å². The summed E-state index contributed by atoms with van der Waals surface area (Å²) >= 11 is 1.79. The highest BCUT2D eigenvalue weighted by atomic mass is 32.1. The van der Waals surface area contributed by atoms with E-state index < -0.39 is 0 Å². The number of benzene rings is 1. The first-order chi connectivity index (χ1) is 9.83. The van der Waals surface area contributed by atoms with Gasteiger partial charge in [-0.3, -0.25) is 4.90 Å². The van der Waals surface area contributed by atoms with Crippen LogP contribution in [0.2, 0.25) is 0 Å². The van der Waals surface area contributed by atoms with Crippen LogP contribution in [-0.4, -0.2) is 23.2 Å². The molecule has 2 rings (SSSR count). The number of nitrogens with zero attached hydrogens (tertiary/aromatic N) is 1. The predicted octanol–water partition coefficient (Wildman–Crippen LogP) is 3.11. The number of thiophene rings is 1. The lowest BCUT2D eigenvalue weighted by Crippen LogP contribution is -2.22. The van der Waals surface area contributed by atoms with Crippen molar-refractivity contribution in [3.05, 3.63) is 57.8 Å². The third-order valence-corrected chi connectivity index (χ3v) is 3.98. The van der Waals surface area contributed by atoms with Gasteiger partial charge in [0.05, 0.1) is 0 Å². The van der Waals surface area contributed by atoms with Gasteiger partial charge in [0, 0.05) is 23.5 Å². The smallest absolute Gasteiger partial charge is 0.104 e. The van der Waals surface area contributed by atoms with Crippen molar-refractivity contribution < 1.29 is 5.11 Å². The summed E-state index contributed by atoms with van der Waals surface area (Å²) in [6.07, 6.45) is 0. The molecule has 0 aliphatic carbocycles. The largest absolute Gasteiger partial charge is 0.384 e. The number of aliphatic hydroxyl groups excluding tert-OH is 1. The van der Waals surface area contributed by atoms with Gasteiger partial charge >= 0.3 is 0 Å². The summed E-state index contributed by atoms with van der Waals surface area (Å²) in [4.78, 5) is 3.77. The quantitative estimate of drug-likeness (QED) is 0.853. The zero-order chi connectivity index (χ0) is 14.2. The van der Waals surface area contributed by atoms with Gasteiger partial charge < -0.3 is 5.11 Å². The maximum atomic E-state index is 8.84. The van der Waals surface area contributed by atoms with Crippen LogP contribution in [0.1, 0.15) is 22.9 Å². The molecule has 0 saturated carbocycles. The molecule has 1 heterocycles. The van der Waals surface area contributed by atoms with E-state index in [1.807, 2.05) is 18.2 Å². The van der Waals surface area contributed by atoms with Crippen molar-refractivity contribution in [3.8, 4) is 11.8 Å². The monoisotopic (exact) mass is 285 g/mol. The fourth-order valence-corrected chi connectivity index (χ4v) is 2.80. The molecule has 0 bridgehead atoms. The first-order valence-corrected chi connectivity index (χ1v) is 7.63. The maximum Gasteiger partial charge on any atom is 0.104 e. The molecule has 3 heteroatoms. The maximum absolute atomic E-state index is 8.84. The van der Waals surface area contributed by atoms with Gasteiger partial charge in [-0.15, -0.1) is 11.3 Å². The first-order valence-electron chi connectivity index (χ1n) is 6.76. The molecule has 0 spiro atoms. The van der Waals surface area contributed by atoms with Crippen molar-refractivity contribution in [2.45, 2.75) is 20.0 Å². The Hall–Kier alpha value is -1.60. The summed E-state index contributed by atoms with van der Waals surface area (Å²) in [5.41, 5.74) is 2.22. The van der Waals surface area contributed by atoms with Crippen molar-refractivity contribution in [2.75, 3.05) is 13.2 Å². The first kappa shape index (κ1) is 14.8. The lowest BCUT2D eigenvalue weighted by Gasteiger charge is -2.20. The van der Waals surface area contributed by atoms with Crippen molar-refractivity contribution in [2.24, 2.45) is 0 Å². The molecule has 104 valence electrons. The minimum atomic E-state index is -0.0962. The Morgan fingerprint density at radius 2 is 2.00 bits per heavy atom. The molecule has 0 fully saturated rings. The second kappa shape index (κ2) is 7.86. The highest BCUT2D eigenvalue weighted by Gasteiger charge is 2.08. The molecule has 0 aliphatic rings. The van der Waals surface area contributed by atoms with E-state index in [4.69, 9.17) is 5.11 Å². The highest BCUT2D eigenvalue weighted by Crippen LogP contribution is 2.16. The Bertz CT molecular complexity index is 581. The fraction of sp³-hybridized carbons (Fsp3) is 0.294. The average molecular weight is 285 g/mol. The molecule has 1 aromatic carbocycles. The number of aliphatic hydroxyl groups is 1. The molecule has 1 N–H and O–H groups in total. The number of hydrogen-bond donors (Lipinski definition) is 1. The van der Waals surface area contributed by atoms with Crippen molar-refractivity contribution in [1.82, 2.24) is 4.90 Å². The van der Waals surface area contributed by atoms with Crippen LogP contribution in [-0.2, 0) is 13.1 Å². The van der Waals surface area contributed by atoms with E-state index in [9.17, 15) is 0 Å². The summed E-state index contributed by atoms with van der Waals surface area (Å²) in [6, 6.07) is 12.4. The van der Waals surface area contributed by atoms with Crippen molar-refractivity contribution in [1.29, 1.82) is 0 Å². The van der Waals surface area contributed by atoms with Crippen LogP contribution in [0.15, 0.2) is 41.8 Å². The summed E-state index contributed by atoms with van der Waals surface area (Å²) in [5, 5.41) is 10.9. The second-order valence-corrected chi connectivity index (χ2v) is 5.53. The fourth-order valence-electron chi connectivity index (χ4n) is 2.06. The summed E-state index contributed by atoms with van der Waals surface area (Å²) in [5.74, 6) is 5.76. The molecular formula is C17H19NOS. The number of rotatable bonds is 5. The van der Waals surface area contributed by atoms with Crippen LogP contribution in [0.3, 0.4) is 0 Å². The van der Waals surface area contributed by atoms with E-state index in [1.165, 1.54) is 10.4 Å². The van der Waals surface area contributed by atoms with Gasteiger partial charge in [0.2, 0.25) is 0 Å². The van der Waals surface area contributed by atoms with E-state index in [0.717, 1.165) is 25.2 Å². The number of hydrogen-bond acceptors (Lipinski definition) is 3. The van der Waals surface area contributed by atoms with E-state index in [0.29, 0.717) is 0 Å². The third-order valence-electron chi connectivity index (χ3n) is 3.12. The van der Waals surface area contributed by atoms with Gasteiger partial charge in [-0.2, -0.15) is 0 Å². The molecule has 0 saturated heterocycles. The lowest BCUT2D eigenvalue weighted by atomic mass is 10.1. The van der Waals surface area contributed by atoms with Gasteiger partial charge in [-0.1, -0.05) is 43.0 Å². The van der Waals surface area contributed by atoms with E-state index in [2.05, 4.69) is 47.2 Å². The predicted molar refractivity (Wildman–Crippen MR) is 84.5 cm³/mol. The molecule has 2 nitrogen and oxygen atoms in total. The van der Waals surface area contributed by atoms with Crippen LogP contribution in [0.5, 0.6) is 0 Å². The standard InChI is InChI=1S/C17H19NOS/c1-2-18(14-17-10-6-12-20-17)13-16-8-4-3-7-15(16)9-5-11-19/h3-4,6-8,10,12,19H,2,11,13-14H2,1H3. The molecule has 0 unspecified atom stereocenters. The molecule has 0 aliphatic heterocycles. The van der Waals surface area contributed by atoms with Crippen molar-refractivity contribution in [3.63, 3.8) is 0 Å². The molecule has 1 aromatic heterocycles. The van der Waals surface area contributed by atoms with Gasteiger partial charge in [0.25, 0.3) is 0 Å². The zero-order valence-corrected chi connectivity index (χ0v) is 12.5. The van der Waals surface area contributed by atoms with Crippen LogP contribution >= 0.6 is 11.3 Å². The Balaban J connectivity index is 2.11. The summed E-state index contributed by atoms with van der Waals surface area (Å²) in [7, 11) is 0. The van der Waals surface area contributed by atoms with Gasteiger partial charge in [0.1, 0.15) is 6.61 Å². The van der Waals surface area contributed by atoms with E-state index in [-0.39, 0.29) is 6.61 Å². The van der Waals surface area contributed by atoms with E-state index in [1.54, 1.807) is 11.3 Å². The molecule has 0 amide bonds. The van der Waals surface area contributed by atoms with Gasteiger partial charge in [-0.05, 0) is 29.6 Å².